The molecule has 2 aliphatic heterocycles. The molecule has 2 heterocycles. The van der Waals surface area contributed by atoms with E-state index in [4.69, 9.17) is 4.74 Å². The summed E-state index contributed by atoms with van der Waals surface area (Å²) in [5.41, 5.74) is 0.395. The summed E-state index contributed by atoms with van der Waals surface area (Å²) in [5.74, 6) is 0.807. The van der Waals surface area contributed by atoms with Crippen molar-refractivity contribution in [2.24, 2.45) is 0 Å². The summed E-state index contributed by atoms with van der Waals surface area (Å²) >= 11 is 1.65. The molecule has 1 aromatic rings. The van der Waals surface area contributed by atoms with E-state index in [1.54, 1.807) is 23.9 Å². The normalized spacial score (nSPS) is 29.3. The van der Waals surface area contributed by atoms with E-state index in [1.807, 2.05) is 12.1 Å². The van der Waals surface area contributed by atoms with Crippen molar-refractivity contribution in [1.82, 2.24) is 0 Å². The molecule has 3 rings (SSSR count). The lowest BCUT2D eigenvalue weighted by molar-refractivity contribution is 0.0212. The van der Waals surface area contributed by atoms with Gasteiger partial charge in [-0.2, -0.15) is 0 Å². The van der Waals surface area contributed by atoms with Crippen LogP contribution < -0.4 is 0 Å². The predicted octanol–water partition coefficient (Wildman–Crippen LogP) is 3.85. The van der Waals surface area contributed by atoms with Crippen LogP contribution in [-0.4, -0.2) is 24.5 Å². The fourth-order valence-corrected chi connectivity index (χ4v) is 6.22. The van der Waals surface area contributed by atoms with Crippen LogP contribution in [0, 0.1) is 0 Å². The quantitative estimate of drug-likeness (QED) is 0.787. The first-order valence-corrected chi connectivity index (χ1v) is 9.60. The summed E-state index contributed by atoms with van der Waals surface area (Å²) in [6.07, 6.45) is 0.874. The van der Waals surface area contributed by atoms with Gasteiger partial charge >= 0.3 is 0 Å². The van der Waals surface area contributed by atoms with Crippen molar-refractivity contribution in [3.05, 3.63) is 34.7 Å². The smallest absolute Gasteiger partial charge is 0.183 e. The molecule has 3 nitrogen and oxygen atoms in total. The van der Waals surface area contributed by atoms with Crippen LogP contribution in [0.4, 0.5) is 0 Å². The van der Waals surface area contributed by atoms with Crippen LogP contribution >= 0.6 is 11.8 Å². The van der Waals surface area contributed by atoms with Gasteiger partial charge in [0, 0.05) is 10.5 Å². The lowest BCUT2D eigenvalue weighted by Gasteiger charge is -2.49. The Bertz CT molecular complexity index is 732. The largest absolute Gasteiger partial charge is 0.485 e. The van der Waals surface area contributed by atoms with Crippen LogP contribution in [0.3, 0.4) is 0 Å². The van der Waals surface area contributed by atoms with Crippen molar-refractivity contribution in [1.29, 1.82) is 0 Å². The number of hydrogen-bond donors (Lipinski definition) is 0. The standard InChI is InChI=1S/C16H20O3S2/c1-5-16(4)15(2,3)20-12-10-21(17,18)13-9-7-6-8-11(13)14(12)19-16/h6-9H,5,10H2,1-4H3. The molecule has 0 radical (unpaired) electrons. The Labute approximate surface area is 130 Å². The zero-order chi connectivity index (χ0) is 15.5. The van der Waals surface area contributed by atoms with E-state index in [2.05, 4.69) is 27.7 Å². The van der Waals surface area contributed by atoms with E-state index in [0.717, 1.165) is 17.1 Å². The maximum atomic E-state index is 12.5. The van der Waals surface area contributed by atoms with Gasteiger partial charge in [-0.3, -0.25) is 0 Å². The summed E-state index contributed by atoms with van der Waals surface area (Å²) in [4.78, 5) is 1.23. The highest BCUT2D eigenvalue weighted by atomic mass is 32.2. The van der Waals surface area contributed by atoms with Crippen LogP contribution in [0.2, 0.25) is 0 Å². The Balaban J connectivity index is 2.22. The van der Waals surface area contributed by atoms with E-state index < -0.39 is 9.84 Å². The van der Waals surface area contributed by atoms with Crippen LogP contribution in [0.5, 0.6) is 0 Å². The maximum absolute atomic E-state index is 12.5. The molecule has 0 bridgehead atoms. The van der Waals surface area contributed by atoms with Crippen molar-refractivity contribution < 1.29 is 13.2 Å². The Morgan fingerprint density at radius 2 is 1.90 bits per heavy atom. The van der Waals surface area contributed by atoms with Crippen molar-refractivity contribution in [2.45, 2.75) is 49.4 Å². The van der Waals surface area contributed by atoms with Crippen molar-refractivity contribution >= 4 is 27.4 Å². The molecule has 0 amide bonds. The van der Waals surface area contributed by atoms with E-state index in [1.165, 1.54) is 0 Å². The van der Waals surface area contributed by atoms with E-state index >= 15 is 0 Å². The number of benzene rings is 1. The zero-order valence-corrected chi connectivity index (χ0v) is 14.4. The summed E-state index contributed by atoms with van der Waals surface area (Å²) in [7, 11) is -3.27. The van der Waals surface area contributed by atoms with Gasteiger partial charge < -0.3 is 4.74 Å². The first-order valence-electron chi connectivity index (χ1n) is 7.13. The predicted molar refractivity (Wildman–Crippen MR) is 86.9 cm³/mol. The number of rotatable bonds is 1. The molecule has 1 atom stereocenters. The van der Waals surface area contributed by atoms with Crippen molar-refractivity contribution in [3.8, 4) is 0 Å². The Hall–Kier alpha value is -0.940. The van der Waals surface area contributed by atoms with E-state index in [-0.39, 0.29) is 16.1 Å². The van der Waals surface area contributed by atoms with Gasteiger partial charge in [-0.15, -0.1) is 11.8 Å². The van der Waals surface area contributed by atoms with Gasteiger partial charge in [0.05, 0.1) is 15.4 Å². The second-order valence-corrected chi connectivity index (χ2v) is 9.98. The second-order valence-electron chi connectivity index (χ2n) is 6.31. The Kier molecular flexibility index (Phi) is 3.23. The fraction of sp³-hybridized carbons (Fsp3) is 0.500. The molecule has 5 heteroatoms. The minimum atomic E-state index is -3.27. The Morgan fingerprint density at radius 3 is 2.57 bits per heavy atom. The van der Waals surface area contributed by atoms with Crippen LogP contribution in [0.25, 0.3) is 5.76 Å². The average molecular weight is 324 g/mol. The maximum Gasteiger partial charge on any atom is 0.183 e. The van der Waals surface area contributed by atoms with Gasteiger partial charge in [0.2, 0.25) is 0 Å². The minimum Gasteiger partial charge on any atom is -0.485 e. The molecule has 0 saturated carbocycles. The first-order chi connectivity index (χ1) is 9.70. The molecule has 0 fully saturated rings. The molecule has 0 N–H and O–H groups in total. The number of thioether (sulfide) groups is 1. The number of hydrogen-bond acceptors (Lipinski definition) is 4. The monoisotopic (exact) mass is 324 g/mol. The molecule has 0 spiro atoms. The van der Waals surface area contributed by atoms with Crippen molar-refractivity contribution in [2.75, 3.05) is 5.75 Å². The molecule has 0 aliphatic carbocycles. The third-order valence-corrected chi connectivity index (χ3v) is 8.09. The summed E-state index contributed by atoms with van der Waals surface area (Å²) in [6.45, 7) is 8.46. The lowest BCUT2D eigenvalue weighted by atomic mass is 9.88. The zero-order valence-electron chi connectivity index (χ0n) is 12.8. The summed E-state index contributed by atoms with van der Waals surface area (Å²) < 4.78 is 31.1. The fourth-order valence-electron chi connectivity index (χ4n) is 2.84. The molecule has 0 aromatic heterocycles. The number of sulfone groups is 1. The molecular formula is C16H20O3S2. The highest BCUT2D eigenvalue weighted by Gasteiger charge is 2.50. The van der Waals surface area contributed by atoms with Gasteiger partial charge in [0.15, 0.2) is 9.84 Å². The van der Waals surface area contributed by atoms with Crippen LogP contribution in [0.1, 0.15) is 39.7 Å². The number of fused-ring (bicyclic) bond motifs is 2. The summed E-state index contributed by atoms with van der Waals surface area (Å²) in [5, 5.41) is 0. The molecule has 114 valence electrons. The van der Waals surface area contributed by atoms with Crippen LogP contribution in [-0.2, 0) is 14.6 Å². The average Bonchev–Trinajstić information content (AvgIpc) is 2.41. The highest BCUT2D eigenvalue weighted by Crippen LogP contribution is 2.54. The molecule has 1 aromatic carbocycles. The number of ether oxygens (including phenoxy) is 1. The van der Waals surface area contributed by atoms with Gasteiger partial charge in [0.25, 0.3) is 0 Å². The SMILES string of the molecule is CCC1(C)OC2=C(CS(=O)(=O)c3ccccc32)SC1(C)C. The molecular weight excluding hydrogens is 304 g/mol. The van der Waals surface area contributed by atoms with Gasteiger partial charge in [-0.25, -0.2) is 8.42 Å². The first kappa shape index (κ1) is 15.0. The summed E-state index contributed by atoms with van der Waals surface area (Å²) in [6, 6.07) is 7.14. The molecule has 1 unspecified atom stereocenters. The van der Waals surface area contributed by atoms with Gasteiger partial charge in [-0.1, -0.05) is 19.1 Å². The van der Waals surface area contributed by atoms with E-state index in [0.29, 0.717) is 10.5 Å². The topological polar surface area (TPSA) is 43.4 Å². The third-order valence-electron chi connectivity index (χ3n) is 4.70. The van der Waals surface area contributed by atoms with Gasteiger partial charge in [0.1, 0.15) is 11.4 Å². The lowest BCUT2D eigenvalue weighted by Crippen LogP contribution is -2.49. The molecule has 0 saturated heterocycles. The van der Waals surface area contributed by atoms with E-state index in [9.17, 15) is 8.42 Å². The van der Waals surface area contributed by atoms with Crippen molar-refractivity contribution in [3.63, 3.8) is 0 Å². The highest BCUT2D eigenvalue weighted by molar-refractivity contribution is 8.06. The third kappa shape index (κ3) is 2.13. The minimum absolute atomic E-state index is 0.0488. The molecule has 21 heavy (non-hydrogen) atoms. The Morgan fingerprint density at radius 1 is 1.24 bits per heavy atom. The van der Waals surface area contributed by atoms with Gasteiger partial charge in [-0.05, 0) is 39.3 Å². The van der Waals surface area contributed by atoms with Crippen LogP contribution in [0.15, 0.2) is 34.1 Å². The molecule has 2 aliphatic rings. The second kappa shape index (κ2) is 4.53.